The molecule has 0 unspecified atom stereocenters. The number of hydrogen-bond acceptors (Lipinski definition) is 1. The molecule has 0 aliphatic carbocycles. The Morgan fingerprint density at radius 3 is 1.22 bits per heavy atom. The van der Waals surface area contributed by atoms with Gasteiger partial charge in [-0.15, -0.1) is 4.42 Å². The van der Waals surface area contributed by atoms with E-state index < -0.39 is 16.1 Å². The van der Waals surface area contributed by atoms with E-state index >= 15 is 0 Å². The molecule has 138 valence electrons. The third-order valence-electron chi connectivity index (χ3n) is 5.58. The third kappa shape index (κ3) is 6.05. The Balaban J connectivity index is 0.000000809. The van der Waals surface area contributed by atoms with Crippen molar-refractivity contribution >= 4 is 29.0 Å². The molecule has 0 spiro atoms. The van der Waals surface area contributed by atoms with E-state index in [1.165, 1.54) is 12.8 Å². The highest BCUT2D eigenvalue weighted by atomic mass is 28.4. The van der Waals surface area contributed by atoms with Crippen molar-refractivity contribution in [2.45, 2.75) is 104 Å². The first-order valence-corrected chi connectivity index (χ1v) is 17.8. The largest absolute Gasteiger partial charge is 0.381 e. The summed E-state index contributed by atoms with van der Waals surface area (Å²) in [7, 11) is -2.95. The van der Waals surface area contributed by atoms with Gasteiger partial charge < -0.3 is 4.74 Å². The molecule has 1 rings (SSSR count). The van der Waals surface area contributed by atoms with Crippen molar-refractivity contribution in [3.8, 4) is 0 Å². The van der Waals surface area contributed by atoms with Gasteiger partial charge in [0.15, 0.2) is 0 Å². The fourth-order valence-electron chi connectivity index (χ4n) is 4.39. The molecule has 1 nitrogen and oxygen atoms in total. The lowest BCUT2D eigenvalue weighted by Crippen LogP contribution is -2.65. The number of ether oxygens (including phenoxy) is 1. The first-order chi connectivity index (χ1) is 10.1. The van der Waals surface area contributed by atoms with Crippen LogP contribution in [0.15, 0.2) is 0 Å². The summed E-state index contributed by atoms with van der Waals surface area (Å²) < 4.78 is 7.03. The molecule has 0 saturated carbocycles. The average Bonchev–Trinajstić information content (AvgIpc) is 2.80. The van der Waals surface area contributed by atoms with Gasteiger partial charge in [0.05, 0.1) is 16.1 Å². The molecule has 1 aliphatic heterocycles. The van der Waals surface area contributed by atoms with E-state index in [9.17, 15) is 0 Å². The van der Waals surface area contributed by atoms with Crippen molar-refractivity contribution in [3.63, 3.8) is 0 Å². The topological polar surface area (TPSA) is 9.23 Å². The highest BCUT2D eigenvalue weighted by Crippen LogP contribution is 2.52. The van der Waals surface area contributed by atoms with Gasteiger partial charge in [0.25, 0.3) is 0 Å². The zero-order valence-electron chi connectivity index (χ0n) is 18.2. The average molecular weight is 373 g/mol. The fourth-order valence-corrected chi connectivity index (χ4v) is 28.6. The maximum Gasteiger partial charge on any atom is 0.0801 e. The predicted molar refractivity (Wildman–Crippen MR) is 117 cm³/mol. The van der Waals surface area contributed by atoms with Crippen molar-refractivity contribution in [1.82, 2.24) is 0 Å². The van der Waals surface area contributed by atoms with Gasteiger partial charge in [0.2, 0.25) is 0 Å². The first kappa shape index (κ1) is 23.5. The highest BCUT2D eigenvalue weighted by Gasteiger charge is 2.53. The maximum atomic E-state index is 4.94. The zero-order chi connectivity index (χ0) is 18.7. The van der Waals surface area contributed by atoms with Crippen LogP contribution in [0.1, 0.15) is 54.4 Å². The Morgan fingerprint density at radius 2 is 1.13 bits per heavy atom. The van der Waals surface area contributed by atoms with Gasteiger partial charge >= 0.3 is 0 Å². The van der Waals surface area contributed by atoms with E-state index in [0.717, 1.165) is 13.2 Å². The van der Waals surface area contributed by atoms with Crippen LogP contribution in [0.2, 0.25) is 49.4 Å². The summed E-state index contributed by atoms with van der Waals surface area (Å²) in [5, 5.41) is 0.922. The smallest absolute Gasteiger partial charge is 0.0801 e. The standard InChI is InChI=1S/C15H36Si3.C4H8O/c1-14(2,3)18(12,15(4,5)6)13(16(7)8)17(9,10)11;1-2-4-5-3-1/h1-12H3;1-4H2. The maximum absolute atomic E-state index is 4.94. The summed E-state index contributed by atoms with van der Waals surface area (Å²) in [5.74, 6) is 0. The molecule has 23 heavy (non-hydrogen) atoms. The Bertz CT molecular complexity index is 376. The molecule has 1 heterocycles. The Labute approximate surface area is 150 Å². The molecule has 0 aromatic heterocycles. The van der Waals surface area contributed by atoms with Gasteiger partial charge in [0.1, 0.15) is 0 Å². The molecule has 0 bridgehead atoms. The molecular weight excluding hydrogens is 328 g/mol. The first-order valence-electron chi connectivity index (χ1n) is 9.33. The molecule has 0 amide bonds. The lowest BCUT2D eigenvalue weighted by Gasteiger charge is -2.55. The van der Waals surface area contributed by atoms with Crippen LogP contribution in [0.25, 0.3) is 0 Å². The number of rotatable bonds is 2. The van der Waals surface area contributed by atoms with Gasteiger partial charge in [-0.2, -0.15) is 0 Å². The van der Waals surface area contributed by atoms with Crippen LogP contribution in [0.4, 0.5) is 0 Å². The van der Waals surface area contributed by atoms with Gasteiger partial charge in [-0.1, -0.05) is 80.8 Å². The van der Waals surface area contributed by atoms with E-state index in [1.807, 2.05) is 0 Å². The van der Waals surface area contributed by atoms with Crippen LogP contribution in [0.3, 0.4) is 0 Å². The van der Waals surface area contributed by atoms with Gasteiger partial charge in [-0.3, -0.25) is 0 Å². The summed E-state index contributed by atoms with van der Waals surface area (Å²) in [4.78, 5) is 0. The molecule has 0 N–H and O–H groups in total. The predicted octanol–water partition coefficient (Wildman–Crippen LogP) is 6.39. The molecular formula is C19H44OSi3. The lowest BCUT2D eigenvalue weighted by molar-refractivity contribution is 0.198. The summed E-state index contributed by atoms with van der Waals surface area (Å²) in [6.07, 6.45) is 2.56. The highest BCUT2D eigenvalue weighted by molar-refractivity contribution is 7.42. The molecule has 0 radical (unpaired) electrons. The molecule has 0 aromatic carbocycles. The molecule has 0 aromatic rings. The van der Waals surface area contributed by atoms with E-state index in [4.69, 9.17) is 4.74 Å². The van der Waals surface area contributed by atoms with Crippen LogP contribution >= 0.6 is 0 Å². The van der Waals surface area contributed by atoms with Gasteiger partial charge in [-0.05, 0) is 31.3 Å². The van der Waals surface area contributed by atoms with Crippen LogP contribution < -0.4 is 0 Å². The van der Waals surface area contributed by atoms with Crippen LogP contribution in [0, 0.1) is 0 Å². The van der Waals surface area contributed by atoms with E-state index in [2.05, 4.69) is 85.2 Å². The second kappa shape index (κ2) is 8.24. The van der Waals surface area contributed by atoms with Crippen molar-refractivity contribution in [1.29, 1.82) is 0 Å². The number of hydrogen-bond donors (Lipinski definition) is 0. The van der Waals surface area contributed by atoms with Gasteiger partial charge in [-0.25, -0.2) is 0 Å². The molecule has 4 heteroatoms. The van der Waals surface area contributed by atoms with Crippen LogP contribution in [-0.2, 0) is 4.74 Å². The Morgan fingerprint density at radius 1 is 0.783 bits per heavy atom. The van der Waals surface area contributed by atoms with Crippen LogP contribution in [0.5, 0.6) is 0 Å². The third-order valence-corrected chi connectivity index (χ3v) is 25.6. The van der Waals surface area contributed by atoms with E-state index in [-0.39, 0.29) is 8.41 Å². The SMILES string of the molecule is C1CCOC1.C[Si](C)=C([Si](C)(C)C)[Si](C)(C(C)(C)C)C(C)(C)C. The zero-order valence-corrected chi connectivity index (χ0v) is 21.2. The van der Waals surface area contributed by atoms with Crippen molar-refractivity contribution in [3.05, 3.63) is 0 Å². The van der Waals surface area contributed by atoms with E-state index in [1.54, 1.807) is 0 Å². The summed E-state index contributed by atoms with van der Waals surface area (Å²) in [6.45, 7) is 32.4. The summed E-state index contributed by atoms with van der Waals surface area (Å²) >= 11 is 0. The Hall–Kier alpha value is 0.481. The molecule has 1 aliphatic rings. The summed E-state index contributed by atoms with van der Waals surface area (Å²) in [5.41, 5.74) is 0. The minimum Gasteiger partial charge on any atom is -0.381 e. The Kier molecular flexibility index (Phi) is 8.41. The lowest BCUT2D eigenvalue weighted by atomic mass is 10.2. The minimum absolute atomic E-state index is 0.312. The van der Waals surface area contributed by atoms with Gasteiger partial charge in [0, 0.05) is 13.2 Å². The molecule has 1 saturated heterocycles. The molecule has 0 atom stereocenters. The van der Waals surface area contributed by atoms with Crippen molar-refractivity contribution in [2.24, 2.45) is 0 Å². The minimum atomic E-state index is -1.46. The molecule has 1 fully saturated rings. The van der Waals surface area contributed by atoms with E-state index in [0.29, 0.717) is 10.1 Å². The summed E-state index contributed by atoms with van der Waals surface area (Å²) in [6, 6.07) is 0. The fraction of sp³-hybridized carbons (Fsp3) is 0.947. The second-order valence-electron chi connectivity index (χ2n) is 10.6. The second-order valence-corrected chi connectivity index (χ2v) is 25.3. The monoisotopic (exact) mass is 372 g/mol. The van der Waals surface area contributed by atoms with Crippen molar-refractivity contribution in [2.75, 3.05) is 13.2 Å². The van der Waals surface area contributed by atoms with Crippen molar-refractivity contribution < 1.29 is 4.74 Å². The van der Waals surface area contributed by atoms with Crippen LogP contribution in [-0.4, -0.2) is 42.2 Å². The quantitative estimate of drug-likeness (QED) is 0.510. The normalized spacial score (nSPS) is 16.7.